The van der Waals surface area contributed by atoms with Crippen molar-refractivity contribution in [2.75, 3.05) is 0 Å². The Labute approximate surface area is 156 Å². The van der Waals surface area contributed by atoms with E-state index in [1.165, 1.54) is 17.3 Å². The first-order chi connectivity index (χ1) is 12.0. The molecule has 6 heteroatoms. The molecule has 1 atom stereocenters. The van der Waals surface area contributed by atoms with Gasteiger partial charge in [-0.25, -0.2) is 0 Å². The van der Waals surface area contributed by atoms with E-state index in [4.69, 9.17) is 11.6 Å². The molecule has 0 saturated carbocycles. The normalized spacial score (nSPS) is 12.1. The number of aromatic nitrogens is 3. The summed E-state index contributed by atoms with van der Waals surface area (Å²) < 4.78 is 2.03. The minimum absolute atomic E-state index is 0.0496. The summed E-state index contributed by atoms with van der Waals surface area (Å²) in [5, 5.41) is 9.52. The van der Waals surface area contributed by atoms with Gasteiger partial charge in [-0.05, 0) is 43.7 Å². The van der Waals surface area contributed by atoms with Crippen molar-refractivity contribution in [1.29, 1.82) is 0 Å². The van der Waals surface area contributed by atoms with E-state index in [0.717, 1.165) is 11.0 Å². The Hall–Kier alpha value is -2.11. The lowest BCUT2D eigenvalue weighted by atomic mass is 10.1. The third-order valence-electron chi connectivity index (χ3n) is 3.87. The van der Waals surface area contributed by atoms with E-state index in [1.807, 2.05) is 36.6 Å². The standard InChI is InChI=1S/C19H18ClN3OS/c1-13(18(24)16-8-10-17(20)11-9-16)25-19-22-21-14(2)23(19)12-15-6-4-3-5-7-15/h3-11,13H,12H2,1-2H3. The number of thioether (sulfide) groups is 1. The zero-order chi connectivity index (χ0) is 17.8. The van der Waals surface area contributed by atoms with Crippen LogP contribution in [0.3, 0.4) is 0 Å². The molecule has 0 fully saturated rings. The van der Waals surface area contributed by atoms with Crippen LogP contribution in [0.25, 0.3) is 0 Å². The summed E-state index contributed by atoms with van der Waals surface area (Å²) >= 11 is 7.31. The number of ketones is 1. The first-order valence-electron chi connectivity index (χ1n) is 7.95. The van der Waals surface area contributed by atoms with E-state index in [-0.39, 0.29) is 11.0 Å². The van der Waals surface area contributed by atoms with Gasteiger partial charge in [0.05, 0.1) is 11.8 Å². The molecule has 0 amide bonds. The van der Waals surface area contributed by atoms with E-state index in [2.05, 4.69) is 22.3 Å². The zero-order valence-electron chi connectivity index (χ0n) is 14.0. The SMILES string of the molecule is Cc1nnc(SC(C)C(=O)c2ccc(Cl)cc2)n1Cc1ccccc1. The molecule has 2 aromatic carbocycles. The van der Waals surface area contributed by atoms with Crippen LogP contribution in [0.4, 0.5) is 0 Å². The number of hydrogen-bond donors (Lipinski definition) is 0. The van der Waals surface area contributed by atoms with Gasteiger partial charge in [0.2, 0.25) is 0 Å². The number of aryl methyl sites for hydroxylation is 1. The number of nitrogens with zero attached hydrogens (tertiary/aromatic N) is 3. The highest BCUT2D eigenvalue weighted by molar-refractivity contribution is 8.00. The molecule has 0 aliphatic heterocycles. The van der Waals surface area contributed by atoms with Crippen molar-refractivity contribution in [3.8, 4) is 0 Å². The smallest absolute Gasteiger partial charge is 0.192 e. The Balaban J connectivity index is 1.76. The minimum atomic E-state index is -0.265. The van der Waals surface area contributed by atoms with E-state index in [9.17, 15) is 4.79 Å². The van der Waals surface area contributed by atoms with Gasteiger partial charge in [-0.1, -0.05) is 53.7 Å². The Bertz CT molecular complexity index is 862. The second-order valence-electron chi connectivity index (χ2n) is 5.73. The molecule has 3 rings (SSSR count). The quantitative estimate of drug-likeness (QED) is 0.467. The highest BCUT2D eigenvalue weighted by atomic mass is 35.5. The number of halogens is 1. The fraction of sp³-hybridized carbons (Fsp3) is 0.211. The highest BCUT2D eigenvalue weighted by Gasteiger charge is 2.20. The van der Waals surface area contributed by atoms with Crippen LogP contribution in [0.15, 0.2) is 59.8 Å². The molecule has 0 bridgehead atoms. The monoisotopic (exact) mass is 371 g/mol. The van der Waals surface area contributed by atoms with Crippen LogP contribution in [0.5, 0.6) is 0 Å². The van der Waals surface area contributed by atoms with Gasteiger partial charge in [0.25, 0.3) is 0 Å². The number of carbonyl (C=O) groups excluding carboxylic acids is 1. The van der Waals surface area contributed by atoms with Crippen molar-refractivity contribution in [2.24, 2.45) is 0 Å². The molecular weight excluding hydrogens is 354 g/mol. The molecule has 128 valence electrons. The summed E-state index contributed by atoms with van der Waals surface area (Å²) in [7, 11) is 0. The van der Waals surface area contributed by atoms with Gasteiger partial charge in [0.1, 0.15) is 5.82 Å². The lowest BCUT2D eigenvalue weighted by Crippen LogP contribution is -2.15. The fourth-order valence-corrected chi connectivity index (χ4v) is 3.55. The lowest BCUT2D eigenvalue weighted by Gasteiger charge is -2.12. The highest BCUT2D eigenvalue weighted by Crippen LogP contribution is 2.26. The number of hydrogen-bond acceptors (Lipinski definition) is 4. The van der Waals surface area contributed by atoms with Crippen LogP contribution in [-0.4, -0.2) is 25.8 Å². The van der Waals surface area contributed by atoms with Crippen LogP contribution in [0, 0.1) is 6.92 Å². The summed E-state index contributed by atoms with van der Waals surface area (Å²) in [5.74, 6) is 0.881. The van der Waals surface area contributed by atoms with Crippen LogP contribution < -0.4 is 0 Å². The Kier molecular flexibility index (Phi) is 5.56. The first kappa shape index (κ1) is 17.7. The molecule has 0 saturated heterocycles. The van der Waals surface area contributed by atoms with Crippen molar-refractivity contribution in [1.82, 2.24) is 14.8 Å². The van der Waals surface area contributed by atoms with Crippen molar-refractivity contribution in [3.63, 3.8) is 0 Å². The number of rotatable bonds is 6. The molecular formula is C19H18ClN3OS. The Morgan fingerprint density at radius 1 is 1.12 bits per heavy atom. The van der Waals surface area contributed by atoms with Gasteiger partial charge in [0.15, 0.2) is 10.9 Å². The summed E-state index contributed by atoms with van der Waals surface area (Å²) in [6.07, 6.45) is 0. The average Bonchev–Trinajstić information content (AvgIpc) is 2.96. The molecule has 0 N–H and O–H groups in total. The van der Waals surface area contributed by atoms with Crippen molar-refractivity contribution in [2.45, 2.75) is 30.8 Å². The number of benzene rings is 2. The molecule has 0 aliphatic carbocycles. The minimum Gasteiger partial charge on any atom is -0.302 e. The summed E-state index contributed by atoms with van der Waals surface area (Å²) in [4.78, 5) is 12.6. The van der Waals surface area contributed by atoms with Crippen molar-refractivity contribution >= 4 is 29.1 Å². The van der Waals surface area contributed by atoms with Gasteiger partial charge >= 0.3 is 0 Å². The topological polar surface area (TPSA) is 47.8 Å². The van der Waals surface area contributed by atoms with E-state index < -0.39 is 0 Å². The maximum Gasteiger partial charge on any atom is 0.192 e. The molecule has 1 unspecified atom stereocenters. The van der Waals surface area contributed by atoms with Gasteiger partial charge in [-0.3, -0.25) is 4.79 Å². The van der Waals surface area contributed by atoms with Crippen molar-refractivity contribution < 1.29 is 4.79 Å². The summed E-state index contributed by atoms with van der Waals surface area (Å²) in [6.45, 7) is 4.49. The molecule has 1 heterocycles. The Morgan fingerprint density at radius 3 is 2.48 bits per heavy atom. The predicted molar refractivity (Wildman–Crippen MR) is 101 cm³/mol. The summed E-state index contributed by atoms with van der Waals surface area (Å²) in [6, 6.07) is 17.1. The third-order valence-corrected chi connectivity index (χ3v) is 5.20. The van der Waals surface area contributed by atoms with E-state index in [0.29, 0.717) is 17.1 Å². The molecule has 0 aliphatic rings. The first-order valence-corrected chi connectivity index (χ1v) is 9.20. The van der Waals surface area contributed by atoms with Crippen LogP contribution >= 0.6 is 23.4 Å². The fourth-order valence-electron chi connectivity index (χ4n) is 2.46. The van der Waals surface area contributed by atoms with Crippen molar-refractivity contribution in [3.05, 3.63) is 76.6 Å². The molecule has 3 aromatic rings. The number of Topliss-reactive ketones (excluding diaryl/α,β-unsaturated/α-hetero) is 1. The second kappa shape index (κ2) is 7.85. The van der Waals surface area contributed by atoms with E-state index >= 15 is 0 Å². The van der Waals surface area contributed by atoms with Crippen LogP contribution in [0.2, 0.25) is 5.02 Å². The summed E-state index contributed by atoms with van der Waals surface area (Å²) in [5.41, 5.74) is 1.82. The molecule has 0 spiro atoms. The number of carbonyl (C=O) groups is 1. The molecule has 1 aromatic heterocycles. The van der Waals surface area contributed by atoms with Gasteiger partial charge in [-0.15, -0.1) is 10.2 Å². The Morgan fingerprint density at radius 2 is 1.80 bits per heavy atom. The average molecular weight is 372 g/mol. The third kappa shape index (κ3) is 4.30. The lowest BCUT2D eigenvalue weighted by molar-refractivity contribution is 0.0994. The molecule has 0 radical (unpaired) electrons. The zero-order valence-corrected chi connectivity index (χ0v) is 15.6. The van der Waals surface area contributed by atoms with Crippen LogP contribution in [-0.2, 0) is 6.54 Å². The van der Waals surface area contributed by atoms with Gasteiger partial charge < -0.3 is 4.57 Å². The second-order valence-corrected chi connectivity index (χ2v) is 7.48. The van der Waals surface area contributed by atoms with Gasteiger partial charge in [0, 0.05) is 10.6 Å². The maximum atomic E-state index is 12.6. The molecule has 25 heavy (non-hydrogen) atoms. The van der Waals surface area contributed by atoms with E-state index in [1.54, 1.807) is 24.3 Å². The predicted octanol–water partition coefficient (Wildman–Crippen LogP) is 4.65. The van der Waals surface area contributed by atoms with Crippen LogP contribution in [0.1, 0.15) is 28.7 Å². The van der Waals surface area contributed by atoms with Gasteiger partial charge in [-0.2, -0.15) is 0 Å². The maximum absolute atomic E-state index is 12.6. The molecule has 4 nitrogen and oxygen atoms in total. The largest absolute Gasteiger partial charge is 0.302 e.